The topological polar surface area (TPSA) is 68.2 Å². The second kappa shape index (κ2) is 46.3. The molecule has 0 aliphatic carbocycles. The number of hydrogen-bond donors (Lipinski definition) is 1. The molecule has 368 valence electrons. The summed E-state index contributed by atoms with van der Waals surface area (Å²) in [6, 6.07) is 0. The van der Waals surface area contributed by atoms with Gasteiger partial charge in [0.25, 0.3) is 0 Å². The maximum Gasteiger partial charge on any atom is 0.306 e. The number of aliphatic hydroxyl groups excluding tert-OH is 1. The highest BCUT2D eigenvalue weighted by molar-refractivity contribution is 5.69. The third-order valence-corrected chi connectivity index (χ3v) is 13.4. The number of nitrogens with zero attached hydrogens (tertiary/aromatic N) is 1. The van der Waals surface area contributed by atoms with Crippen molar-refractivity contribution in [3.8, 4) is 0 Å². The van der Waals surface area contributed by atoms with Gasteiger partial charge < -0.3 is 24.2 Å². The second-order valence-electron chi connectivity index (χ2n) is 19.5. The van der Waals surface area contributed by atoms with E-state index in [4.69, 9.17) is 14.2 Å². The second-order valence-corrected chi connectivity index (χ2v) is 19.5. The van der Waals surface area contributed by atoms with Crippen molar-refractivity contribution in [2.75, 3.05) is 26.2 Å². The van der Waals surface area contributed by atoms with Gasteiger partial charge in [0.1, 0.15) is 17.6 Å². The minimum Gasteiger partial charge on any atom is -0.462 e. The summed E-state index contributed by atoms with van der Waals surface area (Å²) in [6.07, 6.45) is 53.1. The normalized spacial score (nSPS) is 14.1. The minimum absolute atomic E-state index is 0.0292. The van der Waals surface area contributed by atoms with Crippen LogP contribution < -0.4 is 0 Å². The zero-order valence-electron chi connectivity index (χ0n) is 42.4. The molecule has 0 saturated carbocycles. The maximum atomic E-state index is 12.8. The average molecular weight is 876 g/mol. The fourth-order valence-electron chi connectivity index (χ4n) is 9.25. The molecule has 1 aliphatic heterocycles. The summed E-state index contributed by atoms with van der Waals surface area (Å²) in [5.41, 5.74) is 0. The number of unbranched alkanes of at least 4 members (excludes halogenated alkanes) is 31. The maximum absolute atomic E-state index is 12.8. The number of aliphatic hydroxyl groups is 1. The van der Waals surface area contributed by atoms with Gasteiger partial charge >= 0.3 is 5.97 Å². The van der Waals surface area contributed by atoms with Crippen LogP contribution in [0.3, 0.4) is 0 Å². The Labute approximate surface area is 387 Å². The van der Waals surface area contributed by atoms with Gasteiger partial charge in [-0.3, -0.25) is 4.79 Å². The summed E-state index contributed by atoms with van der Waals surface area (Å²) in [5.74, 6) is 2.38. The first kappa shape index (κ1) is 58.7. The summed E-state index contributed by atoms with van der Waals surface area (Å²) >= 11 is 0. The zero-order valence-corrected chi connectivity index (χ0v) is 42.4. The smallest absolute Gasteiger partial charge is 0.306 e. The molecule has 0 spiro atoms. The van der Waals surface area contributed by atoms with Gasteiger partial charge in [0.05, 0.1) is 6.61 Å². The average Bonchev–Trinajstić information content (AvgIpc) is 3.66. The van der Waals surface area contributed by atoms with Crippen molar-refractivity contribution in [2.45, 2.75) is 316 Å². The number of hydrogen-bond acceptors (Lipinski definition) is 6. The van der Waals surface area contributed by atoms with E-state index >= 15 is 0 Å². The number of carbonyl (C=O) groups excluding carboxylic acids is 1. The highest BCUT2D eigenvalue weighted by Crippen LogP contribution is 2.32. The molecule has 0 fully saturated rings. The molecule has 1 N–H and O–H groups in total. The molecule has 0 bridgehead atoms. The van der Waals surface area contributed by atoms with Crippen molar-refractivity contribution < 1.29 is 24.1 Å². The Morgan fingerprint density at radius 1 is 0.468 bits per heavy atom. The SMILES string of the molecule is CCCCCCCCCCC1OC(CCCCCCCC)=C(CCCCCCCCN(CCO)CCCCCCCC(=O)OC(CCCCCCCC)CCCCCCCC)O1. The first-order valence-corrected chi connectivity index (χ1v) is 28.2. The monoisotopic (exact) mass is 876 g/mol. The van der Waals surface area contributed by atoms with Crippen molar-refractivity contribution in [1.82, 2.24) is 4.90 Å². The van der Waals surface area contributed by atoms with Crippen molar-refractivity contribution >= 4 is 5.97 Å². The number of allylic oxidation sites excluding steroid dienone is 2. The fourth-order valence-corrected chi connectivity index (χ4v) is 9.25. The molecule has 0 amide bonds. The molecule has 1 aliphatic rings. The van der Waals surface area contributed by atoms with Crippen LogP contribution in [0.1, 0.15) is 304 Å². The molecule has 1 rings (SSSR count). The molecule has 1 heterocycles. The summed E-state index contributed by atoms with van der Waals surface area (Å²) in [6.45, 7) is 12.3. The summed E-state index contributed by atoms with van der Waals surface area (Å²) in [4.78, 5) is 15.3. The van der Waals surface area contributed by atoms with Crippen LogP contribution in [0.2, 0.25) is 0 Å². The zero-order chi connectivity index (χ0) is 44.8. The first-order chi connectivity index (χ1) is 30.6. The Bertz CT molecular complexity index is 954. The van der Waals surface area contributed by atoms with Crippen LogP contribution in [-0.4, -0.2) is 54.6 Å². The molecule has 62 heavy (non-hydrogen) atoms. The molecular weight excluding hydrogens is 767 g/mol. The van der Waals surface area contributed by atoms with Crippen molar-refractivity contribution in [3.05, 3.63) is 11.5 Å². The third-order valence-electron chi connectivity index (χ3n) is 13.4. The van der Waals surface area contributed by atoms with Crippen molar-refractivity contribution in [2.24, 2.45) is 0 Å². The fraction of sp³-hybridized carbons (Fsp3) is 0.946. The van der Waals surface area contributed by atoms with Gasteiger partial charge in [0, 0.05) is 32.2 Å². The molecule has 0 aromatic carbocycles. The Hall–Kier alpha value is -1.27. The largest absolute Gasteiger partial charge is 0.462 e. The van der Waals surface area contributed by atoms with Crippen LogP contribution in [0.5, 0.6) is 0 Å². The highest BCUT2D eigenvalue weighted by Gasteiger charge is 2.26. The van der Waals surface area contributed by atoms with E-state index in [0.717, 1.165) is 64.6 Å². The van der Waals surface area contributed by atoms with Crippen molar-refractivity contribution in [1.29, 1.82) is 0 Å². The first-order valence-electron chi connectivity index (χ1n) is 28.2. The lowest BCUT2D eigenvalue weighted by molar-refractivity contribution is -0.150. The summed E-state index contributed by atoms with van der Waals surface area (Å²) < 4.78 is 19.0. The molecule has 1 atom stereocenters. The lowest BCUT2D eigenvalue weighted by Gasteiger charge is -2.21. The highest BCUT2D eigenvalue weighted by atomic mass is 16.7. The van der Waals surface area contributed by atoms with E-state index in [2.05, 4.69) is 32.6 Å². The Morgan fingerprint density at radius 3 is 1.24 bits per heavy atom. The van der Waals surface area contributed by atoms with Crippen LogP contribution in [0, 0.1) is 0 Å². The van der Waals surface area contributed by atoms with E-state index in [1.807, 2.05) is 0 Å². The predicted octanol–water partition coefficient (Wildman–Crippen LogP) is 17.6. The molecule has 6 heteroatoms. The summed E-state index contributed by atoms with van der Waals surface area (Å²) in [7, 11) is 0. The van der Waals surface area contributed by atoms with Crippen LogP contribution in [-0.2, 0) is 19.0 Å². The van der Waals surface area contributed by atoms with E-state index in [9.17, 15) is 9.90 Å². The molecule has 0 aromatic heterocycles. The minimum atomic E-state index is -0.0466. The van der Waals surface area contributed by atoms with Crippen LogP contribution in [0.25, 0.3) is 0 Å². The van der Waals surface area contributed by atoms with Gasteiger partial charge in [-0.25, -0.2) is 0 Å². The van der Waals surface area contributed by atoms with E-state index in [0.29, 0.717) is 6.42 Å². The molecule has 1 unspecified atom stereocenters. The van der Waals surface area contributed by atoms with Gasteiger partial charge in [-0.1, -0.05) is 214 Å². The molecular formula is C56H109NO5. The van der Waals surface area contributed by atoms with Gasteiger partial charge in [0.2, 0.25) is 6.29 Å². The molecule has 0 radical (unpaired) electrons. The molecule has 6 nitrogen and oxygen atoms in total. The number of esters is 1. The molecule has 0 saturated heterocycles. The van der Waals surface area contributed by atoms with Gasteiger partial charge in [-0.2, -0.15) is 0 Å². The van der Waals surface area contributed by atoms with E-state index in [1.165, 1.54) is 236 Å². The van der Waals surface area contributed by atoms with Crippen LogP contribution in [0.4, 0.5) is 0 Å². The summed E-state index contributed by atoms with van der Waals surface area (Å²) in [5, 5.41) is 9.71. The lowest BCUT2D eigenvalue weighted by Crippen LogP contribution is -2.29. The Morgan fingerprint density at radius 2 is 0.823 bits per heavy atom. The number of ether oxygens (including phenoxy) is 3. The lowest BCUT2D eigenvalue weighted by atomic mass is 10.0. The number of carbonyl (C=O) groups is 1. The Balaban J connectivity index is 2.25. The van der Waals surface area contributed by atoms with Crippen LogP contribution >= 0.6 is 0 Å². The quantitative estimate of drug-likeness (QED) is 0.0485. The van der Waals surface area contributed by atoms with Gasteiger partial charge in [0.15, 0.2) is 0 Å². The van der Waals surface area contributed by atoms with E-state index in [1.54, 1.807) is 0 Å². The van der Waals surface area contributed by atoms with Gasteiger partial charge in [-0.05, 0) is 77.3 Å². The van der Waals surface area contributed by atoms with E-state index in [-0.39, 0.29) is 25.0 Å². The van der Waals surface area contributed by atoms with Crippen LogP contribution in [0.15, 0.2) is 11.5 Å². The molecule has 0 aromatic rings. The Kier molecular flexibility index (Phi) is 43.8. The third kappa shape index (κ3) is 37.0. The van der Waals surface area contributed by atoms with Crippen molar-refractivity contribution in [3.63, 3.8) is 0 Å². The van der Waals surface area contributed by atoms with Gasteiger partial charge in [-0.15, -0.1) is 0 Å². The number of rotatable bonds is 50. The standard InChI is InChI=1S/C56H109NO5/c1-5-9-13-17-21-22-31-39-47-56-61-53(44-36-28-20-16-12-8-4)54(62-56)45-37-29-23-24-32-40-48-57(50-51-58)49-41-33-25-30-38-46-55(59)60-52(42-34-26-18-14-10-6-2)43-35-27-19-15-11-7-3/h52,56,58H,5-51H2,1-4H3. The predicted molar refractivity (Wildman–Crippen MR) is 268 cm³/mol. The van der Waals surface area contributed by atoms with E-state index < -0.39 is 0 Å².